The van der Waals surface area contributed by atoms with Crippen LogP contribution in [0.25, 0.3) is 0 Å². The van der Waals surface area contributed by atoms with Crippen molar-refractivity contribution in [2.75, 3.05) is 20.3 Å². The van der Waals surface area contributed by atoms with Gasteiger partial charge in [-0.3, -0.25) is 4.79 Å². The van der Waals surface area contributed by atoms with E-state index in [2.05, 4.69) is 27.7 Å². The molecule has 8 nitrogen and oxygen atoms in total. The van der Waals surface area contributed by atoms with Crippen molar-refractivity contribution in [1.29, 1.82) is 0 Å². The molecular formula is C28H42O8. The summed E-state index contributed by atoms with van der Waals surface area (Å²) in [6.07, 6.45) is -0.532. The molecule has 0 N–H and O–H groups in total. The Labute approximate surface area is 214 Å². The molecule has 0 amide bonds. The molecule has 4 rings (SSSR count). The van der Waals surface area contributed by atoms with E-state index in [1.807, 2.05) is 30.3 Å². The monoisotopic (exact) mass is 506 g/mol. The normalized spacial score (nSPS) is 40.9. The summed E-state index contributed by atoms with van der Waals surface area (Å²) in [5.74, 6) is 0.291. The Bertz CT molecular complexity index is 834. The number of carbonyl (C=O) groups is 1. The highest BCUT2D eigenvalue weighted by Crippen LogP contribution is 2.41. The Balaban J connectivity index is 1.44. The molecule has 0 aliphatic carbocycles. The second-order valence-corrected chi connectivity index (χ2v) is 10.4. The van der Waals surface area contributed by atoms with Gasteiger partial charge in [-0.2, -0.15) is 0 Å². The Kier molecular flexibility index (Phi) is 9.41. The first kappa shape index (κ1) is 27.5. The van der Waals surface area contributed by atoms with E-state index in [9.17, 15) is 4.79 Å². The van der Waals surface area contributed by atoms with Gasteiger partial charge in [0.05, 0.1) is 25.4 Å². The third kappa shape index (κ3) is 5.95. The minimum Gasteiger partial charge on any atom is -0.457 e. The lowest BCUT2D eigenvalue weighted by Gasteiger charge is -2.49. The van der Waals surface area contributed by atoms with Crippen LogP contribution in [0.1, 0.15) is 59.3 Å². The molecule has 0 saturated carbocycles. The molecule has 3 fully saturated rings. The molecule has 3 heterocycles. The summed E-state index contributed by atoms with van der Waals surface area (Å²) in [5, 5.41) is 0. The number of carbonyl (C=O) groups excluding carboxylic acids is 1. The van der Waals surface area contributed by atoms with Crippen molar-refractivity contribution in [3.8, 4) is 0 Å². The Morgan fingerprint density at radius 1 is 1.00 bits per heavy atom. The van der Waals surface area contributed by atoms with Crippen LogP contribution in [0.5, 0.6) is 0 Å². The van der Waals surface area contributed by atoms with E-state index >= 15 is 0 Å². The maximum atomic E-state index is 11.8. The van der Waals surface area contributed by atoms with Crippen molar-refractivity contribution in [2.24, 2.45) is 23.7 Å². The van der Waals surface area contributed by atoms with Crippen LogP contribution in [-0.2, 0) is 38.0 Å². The van der Waals surface area contributed by atoms with Gasteiger partial charge in [-0.05, 0) is 24.7 Å². The van der Waals surface area contributed by atoms with Crippen LogP contribution in [0.4, 0.5) is 0 Å². The first-order valence-corrected chi connectivity index (χ1v) is 13.3. The van der Waals surface area contributed by atoms with Crippen LogP contribution in [0.3, 0.4) is 0 Å². The van der Waals surface area contributed by atoms with Gasteiger partial charge in [0.15, 0.2) is 25.0 Å². The molecule has 11 atom stereocenters. The van der Waals surface area contributed by atoms with Gasteiger partial charge in [0.2, 0.25) is 0 Å². The van der Waals surface area contributed by atoms with Gasteiger partial charge in [-0.25, -0.2) is 0 Å². The highest BCUT2D eigenvalue weighted by Gasteiger charge is 2.49. The zero-order valence-electron chi connectivity index (χ0n) is 22.3. The lowest BCUT2D eigenvalue weighted by atomic mass is 9.80. The second-order valence-electron chi connectivity index (χ2n) is 10.4. The van der Waals surface area contributed by atoms with Gasteiger partial charge in [-0.1, -0.05) is 58.0 Å². The fourth-order valence-electron chi connectivity index (χ4n) is 5.86. The minimum absolute atomic E-state index is 0.0616. The van der Waals surface area contributed by atoms with Crippen molar-refractivity contribution < 1.29 is 38.0 Å². The lowest BCUT2D eigenvalue weighted by molar-refractivity contribution is -0.343. The van der Waals surface area contributed by atoms with Crippen molar-refractivity contribution in [3.63, 3.8) is 0 Å². The summed E-state index contributed by atoms with van der Waals surface area (Å²) in [6.45, 7) is 10.8. The fourth-order valence-corrected chi connectivity index (χ4v) is 5.86. The van der Waals surface area contributed by atoms with Crippen LogP contribution in [-0.4, -0.2) is 63.3 Å². The summed E-state index contributed by atoms with van der Waals surface area (Å²) in [7, 11) is 1.67. The average molecular weight is 507 g/mol. The van der Waals surface area contributed by atoms with Gasteiger partial charge < -0.3 is 33.2 Å². The predicted octanol–water partition coefficient (Wildman–Crippen LogP) is 4.47. The molecule has 0 bridgehead atoms. The second kappa shape index (κ2) is 12.3. The zero-order valence-corrected chi connectivity index (χ0v) is 22.3. The molecule has 0 aromatic heterocycles. The van der Waals surface area contributed by atoms with Crippen LogP contribution >= 0.6 is 0 Å². The number of fused-ring (bicyclic) bond motifs is 1. The Hall–Kier alpha value is -1.55. The smallest absolute Gasteiger partial charge is 0.303 e. The number of hydrogen-bond donors (Lipinski definition) is 0. The topological polar surface area (TPSA) is 81.7 Å². The Morgan fingerprint density at radius 3 is 2.42 bits per heavy atom. The lowest BCUT2D eigenvalue weighted by Crippen LogP contribution is -2.56. The van der Waals surface area contributed by atoms with E-state index in [0.29, 0.717) is 13.2 Å². The number of ether oxygens (including phenoxy) is 7. The number of rotatable bonds is 8. The number of hydrogen-bond acceptors (Lipinski definition) is 8. The summed E-state index contributed by atoms with van der Waals surface area (Å²) in [6, 6.07) is 9.96. The quantitative estimate of drug-likeness (QED) is 0.478. The van der Waals surface area contributed by atoms with E-state index in [0.717, 1.165) is 18.4 Å². The van der Waals surface area contributed by atoms with Gasteiger partial charge in [0, 0.05) is 31.4 Å². The molecule has 36 heavy (non-hydrogen) atoms. The Morgan fingerprint density at radius 2 is 1.75 bits per heavy atom. The molecule has 8 heteroatoms. The summed E-state index contributed by atoms with van der Waals surface area (Å²) in [4.78, 5) is 11.8. The first-order valence-electron chi connectivity index (χ1n) is 13.3. The fraction of sp³-hybridized carbons (Fsp3) is 0.750. The molecule has 1 aromatic carbocycles. The molecule has 0 spiro atoms. The zero-order chi connectivity index (χ0) is 25.8. The standard InChI is InChI=1S/C28H42O8/c1-7-22-16(2)17(3)24(33-19(5)29)28(34-22)31-14-13-21-18(4)26(30-6)35-23-15-32-27(36-25(21)23)20-11-9-8-10-12-20/h8-12,16-18,21-28H,7,13-15H2,1-6H3/t16-,17-,18?,21+,22?,23?,24?,25-,26-,27?,28-/m0/s1. The van der Waals surface area contributed by atoms with E-state index in [-0.39, 0.29) is 54.2 Å². The van der Waals surface area contributed by atoms with Crippen molar-refractivity contribution in [2.45, 2.75) is 90.7 Å². The van der Waals surface area contributed by atoms with E-state index in [4.69, 9.17) is 33.2 Å². The molecule has 3 saturated heterocycles. The van der Waals surface area contributed by atoms with Gasteiger partial charge >= 0.3 is 5.97 Å². The van der Waals surface area contributed by atoms with E-state index in [1.54, 1.807) is 7.11 Å². The van der Waals surface area contributed by atoms with E-state index in [1.165, 1.54) is 6.92 Å². The minimum atomic E-state index is -0.595. The van der Waals surface area contributed by atoms with Crippen LogP contribution in [0.2, 0.25) is 0 Å². The molecule has 5 unspecified atom stereocenters. The van der Waals surface area contributed by atoms with Gasteiger partial charge in [0.1, 0.15) is 6.10 Å². The number of benzene rings is 1. The van der Waals surface area contributed by atoms with Crippen molar-refractivity contribution in [1.82, 2.24) is 0 Å². The summed E-state index contributed by atoms with van der Waals surface area (Å²) in [5.41, 5.74) is 0.987. The third-order valence-electron chi connectivity index (χ3n) is 8.15. The van der Waals surface area contributed by atoms with Crippen LogP contribution in [0.15, 0.2) is 30.3 Å². The molecule has 0 radical (unpaired) electrons. The molecule has 3 aliphatic rings. The first-order chi connectivity index (χ1) is 17.3. The molecule has 3 aliphatic heterocycles. The maximum Gasteiger partial charge on any atom is 0.303 e. The van der Waals surface area contributed by atoms with Crippen molar-refractivity contribution in [3.05, 3.63) is 35.9 Å². The van der Waals surface area contributed by atoms with Gasteiger partial charge in [0.25, 0.3) is 0 Å². The third-order valence-corrected chi connectivity index (χ3v) is 8.15. The number of methoxy groups -OCH3 is 1. The molecule has 1 aromatic rings. The van der Waals surface area contributed by atoms with Crippen LogP contribution < -0.4 is 0 Å². The summed E-state index contributed by atoms with van der Waals surface area (Å²) < 4.78 is 42.5. The predicted molar refractivity (Wildman–Crippen MR) is 132 cm³/mol. The summed E-state index contributed by atoms with van der Waals surface area (Å²) >= 11 is 0. The maximum absolute atomic E-state index is 11.8. The van der Waals surface area contributed by atoms with Crippen molar-refractivity contribution >= 4 is 5.97 Å². The van der Waals surface area contributed by atoms with E-state index < -0.39 is 18.7 Å². The van der Waals surface area contributed by atoms with Crippen LogP contribution in [0, 0.1) is 23.7 Å². The highest BCUT2D eigenvalue weighted by atomic mass is 16.7. The highest BCUT2D eigenvalue weighted by molar-refractivity contribution is 5.66. The number of esters is 1. The largest absolute Gasteiger partial charge is 0.457 e. The SMILES string of the molecule is CCC1O[C@H](OCC[C@@H]2C(C)[C@@H](OC)OC3COC(c4ccccc4)O[C@H]32)C(OC(C)=O)[C@@H](C)[C@@H]1C. The molecule has 202 valence electrons. The average Bonchev–Trinajstić information content (AvgIpc) is 2.89. The van der Waals surface area contributed by atoms with Gasteiger partial charge in [-0.15, -0.1) is 0 Å². The molecular weight excluding hydrogens is 464 g/mol.